The summed E-state index contributed by atoms with van der Waals surface area (Å²) in [6, 6.07) is 0. The van der Waals surface area contributed by atoms with E-state index in [-0.39, 0.29) is 6.42 Å². The Kier molecular flexibility index (Phi) is 2.04. The van der Waals surface area contributed by atoms with Crippen molar-refractivity contribution in [3.8, 4) is 0 Å². The molecule has 1 nitrogen and oxygen atoms in total. The molecule has 1 heterocycles. The lowest BCUT2D eigenvalue weighted by atomic mass is 9.95. The standard InChI is InChI=1S/C7H11F2N/c1-2-6-5-10-4-3-7(6,8)9/h2,6,10H,1,3-5H2. The monoisotopic (exact) mass is 147 g/mol. The van der Waals surface area contributed by atoms with Crippen LogP contribution >= 0.6 is 0 Å². The summed E-state index contributed by atoms with van der Waals surface area (Å²) in [6.07, 6.45) is 1.26. The van der Waals surface area contributed by atoms with Crippen LogP contribution in [0.4, 0.5) is 8.78 Å². The average Bonchev–Trinajstić information content (AvgIpc) is 1.87. The third kappa shape index (κ3) is 1.34. The van der Waals surface area contributed by atoms with Gasteiger partial charge < -0.3 is 5.32 Å². The summed E-state index contributed by atoms with van der Waals surface area (Å²) in [7, 11) is 0. The van der Waals surface area contributed by atoms with Crippen LogP contribution in [0.15, 0.2) is 12.7 Å². The molecular weight excluding hydrogens is 136 g/mol. The maximum absolute atomic E-state index is 12.8. The normalized spacial score (nSPS) is 31.6. The molecule has 3 heteroatoms. The zero-order valence-electron chi connectivity index (χ0n) is 5.74. The lowest BCUT2D eigenvalue weighted by Gasteiger charge is -2.29. The molecule has 1 fully saturated rings. The van der Waals surface area contributed by atoms with Gasteiger partial charge in [-0.2, -0.15) is 0 Å². The van der Waals surface area contributed by atoms with Crippen LogP contribution in [0.25, 0.3) is 0 Å². The summed E-state index contributed by atoms with van der Waals surface area (Å²) < 4.78 is 25.5. The van der Waals surface area contributed by atoms with Gasteiger partial charge in [0.05, 0.1) is 5.92 Å². The van der Waals surface area contributed by atoms with Crippen molar-refractivity contribution >= 4 is 0 Å². The van der Waals surface area contributed by atoms with Crippen LogP contribution in [-0.4, -0.2) is 19.0 Å². The van der Waals surface area contributed by atoms with Gasteiger partial charge in [-0.15, -0.1) is 6.58 Å². The number of rotatable bonds is 1. The van der Waals surface area contributed by atoms with Gasteiger partial charge in [0.15, 0.2) is 0 Å². The van der Waals surface area contributed by atoms with Crippen LogP contribution in [0.5, 0.6) is 0 Å². The summed E-state index contributed by atoms with van der Waals surface area (Å²) in [4.78, 5) is 0. The molecule has 0 aromatic heterocycles. The second-order valence-corrected chi connectivity index (χ2v) is 2.56. The van der Waals surface area contributed by atoms with Gasteiger partial charge >= 0.3 is 0 Å². The maximum Gasteiger partial charge on any atom is 0.256 e. The van der Waals surface area contributed by atoms with E-state index in [4.69, 9.17) is 0 Å². The molecular formula is C7H11F2N. The molecule has 0 saturated carbocycles. The first-order chi connectivity index (χ1) is 4.67. The molecule has 0 spiro atoms. The van der Waals surface area contributed by atoms with Crippen molar-refractivity contribution in [2.45, 2.75) is 12.3 Å². The molecule has 1 saturated heterocycles. The molecule has 1 atom stereocenters. The topological polar surface area (TPSA) is 12.0 Å². The molecule has 0 radical (unpaired) electrons. The molecule has 1 aliphatic rings. The van der Waals surface area contributed by atoms with Gasteiger partial charge in [0.2, 0.25) is 0 Å². The summed E-state index contributed by atoms with van der Waals surface area (Å²) >= 11 is 0. The lowest BCUT2D eigenvalue weighted by molar-refractivity contribution is -0.0601. The fraction of sp³-hybridized carbons (Fsp3) is 0.714. The lowest BCUT2D eigenvalue weighted by Crippen LogP contribution is -2.43. The van der Waals surface area contributed by atoms with Crippen molar-refractivity contribution in [3.05, 3.63) is 12.7 Å². The Labute approximate surface area is 59.1 Å². The van der Waals surface area contributed by atoms with Gasteiger partial charge in [0, 0.05) is 19.5 Å². The number of piperidine rings is 1. The first-order valence-electron chi connectivity index (χ1n) is 3.38. The van der Waals surface area contributed by atoms with Crippen LogP contribution < -0.4 is 5.32 Å². The Morgan fingerprint density at radius 3 is 2.70 bits per heavy atom. The molecule has 10 heavy (non-hydrogen) atoms. The highest BCUT2D eigenvalue weighted by Crippen LogP contribution is 2.30. The van der Waals surface area contributed by atoms with Crippen LogP contribution in [0, 0.1) is 5.92 Å². The highest BCUT2D eigenvalue weighted by Gasteiger charge is 2.39. The number of alkyl halides is 2. The van der Waals surface area contributed by atoms with Crippen LogP contribution in [0.1, 0.15) is 6.42 Å². The third-order valence-electron chi connectivity index (χ3n) is 1.83. The molecule has 1 unspecified atom stereocenters. The summed E-state index contributed by atoms with van der Waals surface area (Å²) in [6.45, 7) is 4.13. The van der Waals surface area contributed by atoms with E-state index < -0.39 is 11.8 Å². The molecule has 58 valence electrons. The van der Waals surface area contributed by atoms with E-state index in [0.29, 0.717) is 13.1 Å². The van der Waals surface area contributed by atoms with Crippen LogP contribution in [0.3, 0.4) is 0 Å². The molecule has 1 rings (SSSR count). The van der Waals surface area contributed by atoms with Gasteiger partial charge in [0.1, 0.15) is 0 Å². The SMILES string of the molecule is C=CC1CNCCC1(F)F. The van der Waals surface area contributed by atoms with Crippen molar-refractivity contribution in [3.63, 3.8) is 0 Å². The van der Waals surface area contributed by atoms with Crippen molar-refractivity contribution in [2.75, 3.05) is 13.1 Å². The van der Waals surface area contributed by atoms with E-state index >= 15 is 0 Å². The third-order valence-corrected chi connectivity index (χ3v) is 1.83. The number of hydrogen-bond acceptors (Lipinski definition) is 1. The molecule has 1 aliphatic heterocycles. The van der Waals surface area contributed by atoms with Crippen LogP contribution in [-0.2, 0) is 0 Å². The maximum atomic E-state index is 12.8. The fourth-order valence-corrected chi connectivity index (χ4v) is 1.10. The molecule has 0 amide bonds. The van der Waals surface area contributed by atoms with Gasteiger partial charge in [0.25, 0.3) is 5.92 Å². The quantitative estimate of drug-likeness (QED) is 0.553. The highest BCUT2D eigenvalue weighted by atomic mass is 19.3. The minimum Gasteiger partial charge on any atom is -0.316 e. The molecule has 1 N–H and O–H groups in total. The van der Waals surface area contributed by atoms with Crippen molar-refractivity contribution in [2.24, 2.45) is 5.92 Å². The van der Waals surface area contributed by atoms with Gasteiger partial charge in [-0.3, -0.25) is 0 Å². The molecule has 0 aromatic rings. The van der Waals surface area contributed by atoms with Crippen LogP contribution in [0.2, 0.25) is 0 Å². The average molecular weight is 147 g/mol. The van der Waals surface area contributed by atoms with E-state index in [1.165, 1.54) is 6.08 Å². The second-order valence-electron chi connectivity index (χ2n) is 2.56. The highest BCUT2D eigenvalue weighted by molar-refractivity contribution is 4.94. The summed E-state index contributed by atoms with van der Waals surface area (Å²) in [5.41, 5.74) is 0. The Morgan fingerprint density at radius 2 is 2.30 bits per heavy atom. The Morgan fingerprint density at radius 1 is 1.60 bits per heavy atom. The van der Waals surface area contributed by atoms with E-state index in [2.05, 4.69) is 11.9 Å². The first-order valence-corrected chi connectivity index (χ1v) is 3.38. The number of nitrogens with one attached hydrogen (secondary N) is 1. The van der Waals surface area contributed by atoms with E-state index in [9.17, 15) is 8.78 Å². The minimum absolute atomic E-state index is 0.0658. The summed E-state index contributed by atoms with van der Waals surface area (Å²) in [5.74, 6) is -3.21. The second kappa shape index (κ2) is 2.66. The Hall–Kier alpha value is -0.440. The molecule has 0 aliphatic carbocycles. The molecule has 0 bridgehead atoms. The van der Waals surface area contributed by atoms with Gasteiger partial charge in [-0.25, -0.2) is 8.78 Å². The smallest absolute Gasteiger partial charge is 0.256 e. The van der Waals surface area contributed by atoms with Crippen molar-refractivity contribution in [1.29, 1.82) is 0 Å². The van der Waals surface area contributed by atoms with E-state index in [0.717, 1.165) is 0 Å². The zero-order valence-corrected chi connectivity index (χ0v) is 5.74. The van der Waals surface area contributed by atoms with E-state index in [1.54, 1.807) is 0 Å². The Balaban J connectivity index is 2.59. The minimum atomic E-state index is -2.53. The number of halogens is 2. The Bertz CT molecular complexity index is 134. The van der Waals surface area contributed by atoms with Gasteiger partial charge in [-0.1, -0.05) is 6.08 Å². The number of hydrogen-bond donors (Lipinski definition) is 1. The predicted molar refractivity (Wildman–Crippen MR) is 36.1 cm³/mol. The first kappa shape index (κ1) is 7.66. The van der Waals surface area contributed by atoms with E-state index in [1.807, 2.05) is 0 Å². The largest absolute Gasteiger partial charge is 0.316 e. The van der Waals surface area contributed by atoms with Gasteiger partial charge in [-0.05, 0) is 0 Å². The van der Waals surface area contributed by atoms with Crippen molar-refractivity contribution < 1.29 is 8.78 Å². The van der Waals surface area contributed by atoms with Crippen molar-refractivity contribution in [1.82, 2.24) is 5.32 Å². The zero-order chi connectivity index (χ0) is 7.61. The fourth-order valence-electron chi connectivity index (χ4n) is 1.10. The molecule has 0 aromatic carbocycles. The predicted octanol–water partition coefficient (Wildman–Crippen LogP) is 1.42. The summed E-state index contributed by atoms with van der Waals surface area (Å²) in [5, 5.41) is 2.89.